The Hall–Kier alpha value is -2.49. The first-order valence-electron chi connectivity index (χ1n) is 5.67. The molecule has 3 N–H and O–H groups in total. The van der Waals surface area contributed by atoms with Crippen molar-refractivity contribution < 1.29 is 10.2 Å². The molecular weight excluding hydrogens is 228 g/mol. The first-order chi connectivity index (χ1) is 8.72. The Labute approximate surface area is 104 Å². The van der Waals surface area contributed by atoms with Gasteiger partial charge in [-0.2, -0.15) is 0 Å². The van der Waals surface area contributed by atoms with Crippen LogP contribution in [-0.4, -0.2) is 20.2 Å². The van der Waals surface area contributed by atoms with Crippen molar-refractivity contribution in [2.45, 2.75) is 6.42 Å². The maximum atomic E-state index is 9.44. The maximum Gasteiger partial charge on any atom is 0.157 e. The van der Waals surface area contributed by atoms with Crippen molar-refractivity contribution in [3.8, 4) is 11.5 Å². The average Bonchev–Trinajstić information content (AvgIpc) is 2.76. The molecule has 3 aromatic rings. The number of phenols is 2. The third kappa shape index (κ3) is 1.88. The number of benzene rings is 2. The molecule has 0 aliphatic rings. The molecule has 2 aromatic carbocycles. The molecule has 4 heteroatoms. The van der Waals surface area contributed by atoms with Crippen LogP contribution in [0.25, 0.3) is 11.0 Å². The van der Waals surface area contributed by atoms with Crippen LogP contribution in [0.15, 0.2) is 42.5 Å². The van der Waals surface area contributed by atoms with Gasteiger partial charge in [-0.15, -0.1) is 0 Å². The molecule has 0 saturated heterocycles. The van der Waals surface area contributed by atoms with E-state index in [1.807, 2.05) is 24.3 Å². The highest BCUT2D eigenvalue weighted by Crippen LogP contribution is 2.25. The van der Waals surface area contributed by atoms with Crippen molar-refractivity contribution in [2.75, 3.05) is 0 Å². The molecule has 0 bridgehead atoms. The summed E-state index contributed by atoms with van der Waals surface area (Å²) in [5.74, 6) is 0.619. The Kier molecular flexibility index (Phi) is 2.41. The van der Waals surface area contributed by atoms with E-state index in [0.29, 0.717) is 6.42 Å². The lowest BCUT2D eigenvalue weighted by Gasteiger charge is -2.01. The largest absolute Gasteiger partial charge is 0.504 e. The zero-order valence-electron chi connectivity index (χ0n) is 9.59. The minimum Gasteiger partial charge on any atom is -0.504 e. The van der Waals surface area contributed by atoms with Crippen LogP contribution in [0.2, 0.25) is 0 Å². The standard InChI is InChI=1S/C14H12N2O2/c17-12-6-5-9(7-13(12)18)8-14-15-10-3-1-2-4-11(10)16-14/h1-7,17-18H,8H2,(H,15,16). The third-order valence-electron chi connectivity index (χ3n) is 2.85. The lowest BCUT2D eigenvalue weighted by atomic mass is 10.1. The van der Waals surface area contributed by atoms with E-state index in [1.54, 1.807) is 12.1 Å². The van der Waals surface area contributed by atoms with Crippen LogP contribution in [0, 0.1) is 0 Å². The first-order valence-corrected chi connectivity index (χ1v) is 5.67. The summed E-state index contributed by atoms with van der Waals surface area (Å²) < 4.78 is 0. The minimum absolute atomic E-state index is 0.108. The van der Waals surface area contributed by atoms with Gasteiger partial charge in [0.2, 0.25) is 0 Å². The number of aromatic nitrogens is 2. The highest BCUT2D eigenvalue weighted by atomic mass is 16.3. The zero-order chi connectivity index (χ0) is 12.5. The molecule has 1 heterocycles. The molecule has 0 aliphatic heterocycles. The van der Waals surface area contributed by atoms with Gasteiger partial charge in [0.15, 0.2) is 11.5 Å². The van der Waals surface area contributed by atoms with Gasteiger partial charge in [-0.1, -0.05) is 18.2 Å². The number of H-pyrrole nitrogens is 1. The predicted molar refractivity (Wildman–Crippen MR) is 68.7 cm³/mol. The van der Waals surface area contributed by atoms with Crippen molar-refractivity contribution in [3.63, 3.8) is 0 Å². The highest BCUT2D eigenvalue weighted by molar-refractivity contribution is 5.74. The van der Waals surface area contributed by atoms with Gasteiger partial charge in [0.25, 0.3) is 0 Å². The molecule has 0 radical (unpaired) electrons. The molecule has 1 aromatic heterocycles. The number of phenolic OH excluding ortho intramolecular Hbond substituents is 2. The van der Waals surface area contributed by atoms with Crippen LogP contribution in [0.3, 0.4) is 0 Å². The summed E-state index contributed by atoms with van der Waals surface area (Å²) in [6.07, 6.45) is 0.586. The van der Waals surface area contributed by atoms with Crippen molar-refractivity contribution in [2.24, 2.45) is 0 Å². The average molecular weight is 240 g/mol. The van der Waals surface area contributed by atoms with Gasteiger partial charge in [0.1, 0.15) is 5.82 Å². The summed E-state index contributed by atoms with van der Waals surface area (Å²) in [6, 6.07) is 12.6. The summed E-state index contributed by atoms with van der Waals surface area (Å²) in [6.45, 7) is 0. The van der Waals surface area contributed by atoms with Crippen molar-refractivity contribution in [1.29, 1.82) is 0 Å². The van der Waals surface area contributed by atoms with E-state index < -0.39 is 0 Å². The molecule has 3 rings (SSSR count). The topological polar surface area (TPSA) is 69.1 Å². The molecule has 0 atom stereocenters. The Morgan fingerprint density at radius 3 is 2.61 bits per heavy atom. The van der Waals surface area contributed by atoms with Gasteiger partial charge in [-0.05, 0) is 29.8 Å². The fourth-order valence-electron chi connectivity index (χ4n) is 1.96. The van der Waals surface area contributed by atoms with E-state index >= 15 is 0 Å². The lowest BCUT2D eigenvalue weighted by Crippen LogP contribution is -1.90. The molecular formula is C14H12N2O2. The summed E-state index contributed by atoms with van der Waals surface area (Å²) in [7, 11) is 0. The zero-order valence-corrected chi connectivity index (χ0v) is 9.59. The third-order valence-corrected chi connectivity index (χ3v) is 2.85. The SMILES string of the molecule is Oc1ccc(Cc2nc3ccccc3[nH]2)cc1O. The van der Waals surface area contributed by atoms with Crippen LogP contribution in [0.5, 0.6) is 11.5 Å². The van der Waals surface area contributed by atoms with Crippen molar-refractivity contribution in [1.82, 2.24) is 9.97 Å². The maximum absolute atomic E-state index is 9.44. The second kappa shape index (κ2) is 4.07. The first kappa shape index (κ1) is 10.7. The van der Waals surface area contributed by atoms with Crippen LogP contribution >= 0.6 is 0 Å². The number of para-hydroxylation sites is 2. The van der Waals surface area contributed by atoms with E-state index in [0.717, 1.165) is 22.4 Å². The number of aromatic hydroxyl groups is 2. The van der Waals surface area contributed by atoms with Crippen molar-refractivity contribution >= 4 is 11.0 Å². The number of rotatable bonds is 2. The number of hydrogen-bond donors (Lipinski definition) is 3. The predicted octanol–water partition coefficient (Wildman–Crippen LogP) is 2.56. The lowest BCUT2D eigenvalue weighted by molar-refractivity contribution is 0.403. The number of hydrogen-bond acceptors (Lipinski definition) is 3. The quantitative estimate of drug-likeness (QED) is 0.603. The van der Waals surface area contributed by atoms with E-state index in [-0.39, 0.29) is 11.5 Å². The molecule has 0 amide bonds. The molecule has 0 fully saturated rings. The molecule has 90 valence electrons. The second-order valence-electron chi connectivity index (χ2n) is 4.20. The Bertz CT molecular complexity index is 671. The number of nitrogens with zero attached hydrogens (tertiary/aromatic N) is 1. The van der Waals surface area contributed by atoms with E-state index in [9.17, 15) is 10.2 Å². The van der Waals surface area contributed by atoms with Crippen LogP contribution < -0.4 is 0 Å². The van der Waals surface area contributed by atoms with E-state index in [1.165, 1.54) is 6.07 Å². The number of nitrogens with one attached hydrogen (secondary N) is 1. The highest BCUT2D eigenvalue weighted by Gasteiger charge is 2.05. The van der Waals surface area contributed by atoms with Gasteiger partial charge >= 0.3 is 0 Å². The minimum atomic E-state index is -0.108. The normalized spacial score (nSPS) is 10.9. The second-order valence-corrected chi connectivity index (χ2v) is 4.20. The Balaban J connectivity index is 1.93. The van der Waals surface area contributed by atoms with Crippen LogP contribution in [0.4, 0.5) is 0 Å². The van der Waals surface area contributed by atoms with Crippen LogP contribution in [0.1, 0.15) is 11.4 Å². The van der Waals surface area contributed by atoms with E-state index in [2.05, 4.69) is 9.97 Å². The molecule has 0 saturated carbocycles. The number of fused-ring (bicyclic) bond motifs is 1. The summed E-state index contributed by atoms with van der Waals surface area (Å²) >= 11 is 0. The van der Waals surface area contributed by atoms with E-state index in [4.69, 9.17) is 0 Å². The van der Waals surface area contributed by atoms with Gasteiger partial charge in [0, 0.05) is 6.42 Å². The van der Waals surface area contributed by atoms with Crippen molar-refractivity contribution in [3.05, 3.63) is 53.9 Å². The van der Waals surface area contributed by atoms with Gasteiger partial charge in [-0.25, -0.2) is 4.98 Å². The van der Waals surface area contributed by atoms with Gasteiger partial charge in [-0.3, -0.25) is 0 Å². The summed E-state index contributed by atoms with van der Waals surface area (Å²) in [4.78, 5) is 7.68. The van der Waals surface area contributed by atoms with Gasteiger partial charge in [0.05, 0.1) is 11.0 Å². The Morgan fingerprint density at radius 1 is 1.00 bits per heavy atom. The fourth-order valence-corrected chi connectivity index (χ4v) is 1.96. The smallest absolute Gasteiger partial charge is 0.157 e. The Morgan fingerprint density at radius 2 is 1.83 bits per heavy atom. The fraction of sp³-hybridized carbons (Fsp3) is 0.0714. The number of imidazole rings is 1. The number of aromatic amines is 1. The monoisotopic (exact) mass is 240 g/mol. The molecule has 0 aliphatic carbocycles. The van der Waals surface area contributed by atoms with Crippen LogP contribution in [-0.2, 0) is 6.42 Å². The molecule has 0 unspecified atom stereocenters. The molecule has 0 spiro atoms. The molecule has 4 nitrogen and oxygen atoms in total. The summed E-state index contributed by atoms with van der Waals surface area (Å²) in [5, 5.41) is 18.7. The molecule has 18 heavy (non-hydrogen) atoms. The summed E-state index contributed by atoms with van der Waals surface area (Å²) in [5.41, 5.74) is 2.82. The van der Waals surface area contributed by atoms with Gasteiger partial charge < -0.3 is 15.2 Å².